The van der Waals surface area contributed by atoms with E-state index in [4.69, 9.17) is 9.47 Å². The molecule has 0 saturated carbocycles. The van der Waals surface area contributed by atoms with Gasteiger partial charge in [0, 0.05) is 24.9 Å². The first kappa shape index (κ1) is 24.0. The molecule has 174 valence electrons. The number of carbonyl (C=O) groups excluding carboxylic acids is 1. The number of nitrogens with one attached hydrogen (secondary N) is 1. The molecule has 1 heterocycles. The van der Waals surface area contributed by atoms with Gasteiger partial charge in [0.15, 0.2) is 17.1 Å². The van der Waals surface area contributed by atoms with E-state index in [1.54, 1.807) is 37.8 Å². The molecule has 0 aliphatic carbocycles. The topological polar surface area (TPSA) is 121 Å². The molecular weight excluding hydrogens is 453 g/mol. The fourth-order valence-electron chi connectivity index (χ4n) is 2.90. The molecular formula is C21H22FN5O5S. The average Bonchev–Trinajstić information content (AvgIpc) is 3.15. The van der Waals surface area contributed by atoms with E-state index < -0.39 is 33.7 Å². The maximum absolute atomic E-state index is 13.5. The van der Waals surface area contributed by atoms with Gasteiger partial charge >= 0.3 is 5.69 Å². The number of aromatic nitrogens is 3. The second kappa shape index (κ2) is 10.3. The number of nitro benzene ring substituents is 1. The molecule has 2 atom stereocenters. The van der Waals surface area contributed by atoms with Gasteiger partial charge in [-0.2, -0.15) is 4.39 Å². The number of rotatable bonds is 9. The third-order valence-corrected chi connectivity index (χ3v) is 5.78. The Morgan fingerprint density at radius 3 is 2.64 bits per heavy atom. The van der Waals surface area contributed by atoms with Gasteiger partial charge in [0.2, 0.25) is 11.7 Å². The minimum atomic E-state index is -0.975. The highest BCUT2D eigenvalue weighted by Gasteiger charge is 2.23. The Morgan fingerprint density at radius 1 is 1.21 bits per heavy atom. The van der Waals surface area contributed by atoms with Crippen LogP contribution in [0.25, 0.3) is 0 Å². The number of benzene rings is 2. The van der Waals surface area contributed by atoms with Gasteiger partial charge in [-0.15, -0.1) is 10.2 Å². The average molecular weight is 476 g/mol. The lowest BCUT2D eigenvalue weighted by Gasteiger charge is -2.15. The van der Waals surface area contributed by atoms with Gasteiger partial charge in [-0.25, -0.2) is 0 Å². The molecule has 0 fully saturated rings. The van der Waals surface area contributed by atoms with Crippen LogP contribution in [0.3, 0.4) is 0 Å². The van der Waals surface area contributed by atoms with Crippen molar-refractivity contribution in [3.63, 3.8) is 0 Å². The number of nitrogens with zero attached hydrogens (tertiary/aromatic N) is 4. The van der Waals surface area contributed by atoms with Gasteiger partial charge in [-0.05, 0) is 38.1 Å². The normalized spacial score (nSPS) is 12.6. The second-order valence-corrected chi connectivity index (χ2v) is 8.32. The summed E-state index contributed by atoms with van der Waals surface area (Å²) < 4.78 is 26.4. The fourth-order valence-corrected chi connectivity index (χ4v) is 3.72. The highest BCUT2D eigenvalue weighted by molar-refractivity contribution is 8.00. The molecule has 0 radical (unpaired) electrons. The van der Waals surface area contributed by atoms with Crippen LogP contribution >= 0.6 is 11.8 Å². The van der Waals surface area contributed by atoms with Gasteiger partial charge in [0.1, 0.15) is 11.5 Å². The molecule has 12 heteroatoms. The van der Waals surface area contributed by atoms with Crippen LogP contribution < -0.4 is 14.8 Å². The molecule has 0 spiro atoms. The lowest BCUT2D eigenvalue weighted by atomic mass is 10.2. The first-order valence-corrected chi connectivity index (χ1v) is 10.7. The lowest BCUT2D eigenvalue weighted by molar-refractivity contribution is -0.387. The van der Waals surface area contributed by atoms with Crippen LogP contribution in [0.4, 0.5) is 15.8 Å². The monoisotopic (exact) mass is 475 g/mol. The van der Waals surface area contributed by atoms with Crippen molar-refractivity contribution < 1.29 is 23.6 Å². The summed E-state index contributed by atoms with van der Waals surface area (Å²) in [7, 11) is 3.33. The number of carbonyl (C=O) groups is 1. The number of halogens is 1. The Balaban J connectivity index is 1.65. The smallest absolute Gasteiger partial charge is 0.306 e. The third kappa shape index (κ3) is 5.77. The highest BCUT2D eigenvalue weighted by atomic mass is 32.2. The minimum Gasteiger partial charge on any atom is -0.497 e. The van der Waals surface area contributed by atoms with E-state index in [-0.39, 0.29) is 5.69 Å². The van der Waals surface area contributed by atoms with Gasteiger partial charge < -0.3 is 19.4 Å². The van der Waals surface area contributed by atoms with Crippen LogP contribution in [-0.4, -0.2) is 38.0 Å². The zero-order valence-electron chi connectivity index (χ0n) is 18.3. The van der Waals surface area contributed by atoms with Crippen LogP contribution in [-0.2, 0) is 11.8 Å². The van der Waals surface area contributed by atoms with Crippen molar-refractivity contribution in [2.45, 2.75) is 30.4 Å². The summed E-state index contributed by atoms with van der Waals surface area (Å²) in [5.74, 6) is 0.436. The minimum absolute atomic E-state index is 0.125. The predicted molar refractivity (Wildman–Crippen MR) is 120 cm³/mol. The van der Waals surface area contributed by atoms with Crippen LogP contribution in [0.2, 0.25) is 0 Å². The predicted octanol–water partition coefficient (Wildman–Crippen LogP) is 4.13. The van der Waals surface area contributed by atoms with Crippen molar-refractivity contribution in [2.24, 2.45) is 7.05 Å². The molecule has 0 aliphatic rings. The Morgan fingerprint density at radius 2 is 1.94 bits per heavy atom. The molecule has 2 unspecified atom stereocenters. The fraction of sp³-hybridized carbons (Fsp3) is 0.286. The Kier molecular flexibility index (Phi) is 7.48. The molecule has 2 aromatic carbocycles. The van der Waals surface area contributed by atoms with E-state index in [9.17, 15) is 19.3 Å². The molecule has 33 heavy (non-hydrogen) atoms. The Hall–Kier alpha value is -3.67. The molecule has 1 aromatic heterocycles. The third-order valence-electron chi connectivity index (χ3n) is 4.65. The molecule has 0 saturated heterocycles. The zero-order chi connectivity index (χ0) is 24.1. The van der Waals surface area contributed by atoms with Crippen LogP contribution in [0.5, 0.6) is 11.5 Å². The van der Waals surface area contributed by atoms with E-state index in [0.29, 0.717) is 22.5 Å². The molecule has 0 aliphatic heterocycles. The molecule has 1 amide bonds. The van der Waals surface area contributed by atoms with Crippen molar-refractivity contribution in [2.75, 3.05) is 12.4 Å². The van der Waals surface area contributed by atoms with Gasteiger partial charge in [0.05, 0.1) is 17.3 Å². The Bertz CT molecular complexity index is 1170. The quantitative estimate of drug-likeness (QED) is 0.279. The van der Waals surface area contributed by atoms with Crippen molar-refractivity contribution in [3.05, 3.63) is 64.2 Å². The number of anilines is 1. The summed E-state index contributed by atoms with van der Waals surface area (Å²) in [5.41, 5.74) is -0.587. The standard InChI is InChI=1S/C21H22FN5O5S/c1-12(32-16-7-5-6-15(11-16)31-4)19-24-25-21(26(19)3)33-13(2)20(28)23-14-8-9-17(22)18(10-14)27(29)30/h5-13H,1-4H3,(H,23,28). The zero-order valence-corrected chi connectivity index (χ0v) is 19.1. The number of amides is 1. The van der Waals surface area contributed by atoms with Crippen molar-refractivity contribution in [1.82, 2.24) is 14.8 Å². The van der Waals surface area contributed by atoms with Crippen molar-refractivity contribution in [1.29, 1.82) is 0 Å². The molecule has 3 rings (SSSR count). The number of hydrogen-bond acceptors (Lipinski definition) is 8. The summed E-state index contributed by atoms with van der Waals surface area (Å²) in [5, 5.41) is 21.6. The summed E-state index contributed by atoms with van der Waals surface area (Å²) in [4.78, 5) is 22.6. The molecule has 1 N–H and O–H groups in total. The van der Waals surface area contributed by atoms with Gasteiger partial charge in [0.25, 0.3) is 0 Å². The highest BCUT2D eigenvalue weighted by Crippen LogP contribution is 2.28. The van der Waals surface area contributed by atoms with E-state index in [2.05, 4.69) is 15.5 Å². The van der Waals surface area contributed by atoms with Crippen molar-refractivity contribution >= 4 is 29.0 Å². The first-order valence-electron chi connectivity index (χ1n) is 9.81. The number of methoxy groups -OCH3 is 1. The van der Waals surface area contributed by atoms with E-state index >= 15 is 0 Å². The summed E-state index contributed by atoms with van der Waals surface area (Å²) >= 11 is 1.16. The number of nitro groups is 1. The van der Waals surface area contributed by atoms with Crippen LogP contribution in [0, 0.1) is 15.9 Å². The van der Waals surface area contributed by atoms with E-state index in [1.807, 2.05) is 19.1 Å². The lowest BCUT2D eigenvalue weighted by Crippen LogP contribution is -2.23. The summed E-state index contributed by atoms with van der Waals surface area (Å²) in [6.45, 7) is 3.48. The first-order chi connectivity index (χ1) is 15.7. The largest absolute Gasteiger partial charge is 0.497 e. The number of hydrogen-bond donors (Lipinski definition) is 1. The number of thioether (sulfide) groups is 1. The summed E-state index contributed by atoms with van der Waals surface area (Å²) in [6, 6.07) is 10.4. The van der Waals surface area contributed by atoms with E-state index in [0.717, 1.165) is 23.9 Å². The van der Waals surface area contributed by atoms with Gasteiger partial charge in [-0.3, -0.25) is 14.9 Å². The Labute approximate surface area is 193 Å². The maximum atomic E-state index is 13.5. The van der Waals surface area contributed by atoms with Crippen LogP contribution in [0.15, 0.2) is 47.6 Å². The maximum Gasteiger partial charge on any atom is 0.306 e. The molecule has 3 aromatic rings. The van der Waals surface area contributed by atoms with E-state index in [1.165, 1.54) is 6.07 Å². The molecule has 10 nitrogen and oxygen atoms in total. The molecule has 0 bridgehead atoms. The summed E-state index contributed by atoms with van der Waals surface area (Å²) in [6.07, 6.45) is -0.423. The SMILES string of the molecule is COc1cccc(OC(C)c2nnc(SC(C)C(=O)Nc3ccc(F)c([N+](=O)[O-])c3)n2C)c1. The number of ether oxygens (including phenoxy) is 2. The van der Waals surface area contributed by atoms with Gasteiger partial charge in [-0.1, -0.05) is 17.8 Å². The second-order valence-electron chi connectivity index (χ2n) is 7.01. The van der Waals surface area contributed by atoms with Crippen LogP contribution in [0.1, 0.15) is 25.8 Å². The van der Waals surface area contributed by atoms with Crippen molar-refractivity contribution in [3.8, 4) is 11.5 Å².